The van der Waals surface area contributed by atoms with E-state index in [1.54, 1.807) is 18.3 Å². The molecule has 4 aromatic rings. The number of nitrogens with zero attached hydrogens (tertiary/aromatic N) is 2. The number of rotatable bonds is 7. The normalized spacial score (nSPS) is 12.3. The molecule has 0 saturated carbocycles. The number of thioether (sulfide) groups is 1. The van der Waals surface area contributed by atoms with Gasteiger partial charge in [-0.1, -0.05) is 72.4 Å². The van der Waals surface area contributed by atoms with Gasteiger partial charge in [0.25, 0.3) is 0 Å². The average Bonchev–Trinajstić information content (AvgIpc) is 3.18. The second-order valence-electron chi connectivity index (χ2n) is 8.73. The second-order valence-corrected chi connectivity index (χ2v) is 11.3. The third-order valence-corrected chi connectivity index (χ3v) is 7.87. The SMILES string of the molecule is CC(C)(C)NS(=O)(=O)c1ccccc1CSc1nccn1Cc1cccc2ccccc12. The molecule has 0 amide bonds. The lowest BCUT2D eigenvalue weighted by Crippen LogP contribution is -2.40. The summed E-state index contributed by atoms with van der Waals surface area (Å²) in [5.41, 5.74) is 1.43. The Hall–Kier alpha value is -2.61. The predicted molar refractivity (Wildman–Crippen MR) is 131 cm³/mol. The Labute approximate surface area is 193 Å². The van der Waals surface area contributed by atoms with Gasteiger partial charge in [-0.3, -0.25) is 0 Å². The zero-order valence-corrected chi connectivity index (χ0v) is 20.1. The van der Waals surface area contributed by atoms with E-state index in [1.165, 1.54) is 28.1 Å². The largest absolute Gasteiger partial charge is 0.322 e. The van der Waals surface area contributed by atoms with Crippen molar-refractivity contribution in [3.05, 3.63) is 90.3 Å². The molecular weight excluding hydrogens is 438 g/mol. The molecule has 1 aromatic heterocycles. The minimum Gasteiger partial charge on any atom is -0.322 e. The summed E-state index contributed by atoms with van der Waals surface area (Å²) < 4.78 is 30.7. The van der Waals surface area contributed by atoms with Gasteiger partial charge in [0.1, 0.15) is 0 Å². The molecule has 1 N–H and O–H groups in total. The van der Waals surface area contributed by atoms with Crippen LogP contribution in [0.15, 0.2) is 89.2 Å². The van der Waals surface area contributed by atoms with E-state index in [2.05, 4.69) is 50.7 Å². The summed E-state index contributed by atoms with van der Waals surface area (Å²) in [6.45, 7) is 6.22. The van der Waals surface area contributed by atoms with Crippen LogP contribution >= 0.6 is 11.8 Å². The zero-order chi connectivity index (χ0) is 22.8. The van der Waals surface area contributed by atoms with Gasteiger partial charge in [0.2, 0.25) is 10.0 Å². The summed E-state index contributed by atoms with van der Waals surface area (Å²) in [7, 11) is -3.61. The summed E-state index contributed by atoms with van der Waals surface area (Å²) in [6, 6.07) is 21.8. The Morgan fingerprint density at radius 1 is 0.938 bits per heavy atom. The fraction of sp³-hybridized carbons (Fsp3) is 0.240. The lowest BCUT2D eigenvalue weighted by atomic mass is 10.0. The number of aromatic nitrogens is 2. The molecule has 0 bridgehead atoms. The second kappa shape index (κ2) is 9.10. The molecule has 0 aliphatic carbocycles. The standard InChI is InChI=1S/C25H27N3O2S2/c1-25(2,3)27-32(29,30)23-14-7-5-10-21(23)18-31-24-26-15-16-28(24)17-20-12-8-11-19-9-4-6-13-22(19)20/h4-16,27H,17-18H2,1-3H3. The van der Waals surface area contributed by atoms with Crippen LogP contribution in [0.3, 0.4) is 0 Å². The predicted octanol–water partition coefficient (Wildman–Crippen LogP) is 5.45. The molecule has 0 aliphatic heterocycles. The van der Waals surface area contributed by atoms with Crippen LogP contribution in [-0.2, 0) is 22.3 Å². The van der Waals surface area contributed by atoms with Gasteiger partial charge in [-0.25, -0.2) is 18.1 Å². The van der Waals surface area contributed by atoms with Crippen molar-refractivity contribution in [2.45, 2.75) is 48.7 Å². The smallest absolute Gasteiger partial charge is 0.241 e. The van der Waals surface area contributed by atoms with Gasteiger partial charge >= 0.3 is 0 Å². The van der Waals surface area contributed by atoms with E-state index in [0.29, 0.717) is 17.2 Å². The van der Waals surface area contributed by atoms with Crippen molar-refractivity contribution >= 4 is 32.6 Å². The van der Waals surface area contributed by atoms with Crippen LogP contribution in [-0.4, -0.2) is 23.5 Å². The maximum absolute atomic E-state index is 12.9. The number of sulfonamides is 1. The number of hydrogen-bond acceptors (Lipinski definition) is 4. The van der Waals surface area contributed by atoms with E-state index < -0.39 is 15.6 Å². The third-order valence-electron chi connectivity index (χ3n) is 4.96. The maximum atomic E-state index is 12.9. The van der Waals surface area contributed by atoms with Gasteiger partial charge in [-0.15, -0.1) is 0 Å². The van der Waals surface area contributed by atoms with Crippen LogP contribution in [0.25, 0.3) is 10.8 Å². The topological polar surface area (TPSA) is 64.0 Å². The lowest BCUT2D eigenvalue weighted by Gasteiger charge is -2.21. The molecule has 0 aliphatic rings. The van der Waals surface area contributed by atoms with Crippen molar-refractivity contribution in [2.75, 3.05) is 0 Å². The highest BCUT2D eigenvalue weighted by Gasteiger charge is 2.24. The molecule has 32 heavy (non-hydrogen) atoms. The van der Waals surface area contributed by atoms with Crippen molar-refractivity contribution in [1.82, 2.24) is 14.3 Å². The van der Waals surface area contributed by atoms with E-state index in [4.69, 9.17) is 0 Å². The molecule has 5 nitrogen and oxygen atoms in total. The van der Waals surface area contributed by atoms with Crippen molar-refractivity contribution in [2.24, 2.45) is 0 Å². The van der Waals surface area contributed by atoms with Crippen molar-refractivity contribution in [3.8, 4) is 0 Å². The highest BCUT2D eigenvalue weighted by molar-refractivity contribution is 7.98. The first kappa shape index (κ1) is 22.6. The highest BCUT2D eigenvalue weighted by Crippen LogP contribution is 2.27. The first-order valence-corrected chi connectivity index (χ1v) is 12.9. The van der Waals surface area contributed by atoms with E-state index in [9.17, 15) is 8.42 Å². The zero-order valence-electron chi connectivity index (χ0n) is 18.4. The maximum Gasteiger partial charge on any atom is 0.241 e. The van der Waals surface area contributed by atoms with Crippen LogP contribution in [0.4, 0.5) is 0 Å². The van der Waals surface area contributed by atoms with Crippen LogP contribution in [0.1, 0.15) is 31.9 Å². The number of benzene rings is 3. The van der Waals surface area contributed by atoms with Crippen molar-refractivity contribution in [1.29, 1.82) is 0 Å². The van der Waals surface area contributed by atoms with Crippen molar-refractivity contribution < 1.29 is 8.42 Å². The number of hydrogen-bond donors (Lipinski definition) is 1. The van der Waals surface area contributed by atoms with Gasteiger partial charge < -0.3 is 4.57 Å². The van der Waals surface area contributed by atoms with Gasteiger partial charge in [-0.05, 0) is 48.7 Å². The van der Waals surface area contributed by atoms with Crippen LogP contribution < -0.4 is 4.72 Å². The molecule has 0 unspecified atom stereocenters. The number of imidazole rings is 1. The third kappa shape index (κ3) is 5.23. The first-order valence-electron chi connectivity index (χ1n) is 10.5. The first-order chi connectivity index (χ1) is 15.2. The number of fused-ring (bicyclic) bond motifs is 1. The molecule has 3 aromatic carbocycles. The van der Waals surface area contributed by atoms with E-state index in [1.807, 2.05) is 45.2 Å². The fourth-order valence-corrected chi connectivity index (χ4v) is 6.37. The summed E-state index contributed by atoms with van der Waals surface area (Å²) in [5.74, 6) is 0.508. The Bertz CT molecular complexity index is 1330. The molecule has 7 heteroatoms. The van der Waals surface area contributed by atoms with Gasteiger partial charge in [0.05, 0.1) is 11.4 Å². The molecule has 166 valence electrons. The van der Waals surface area contributed by atoms with E-state index in [0.717, 1.165) is 10.7 Å². The minimum atomic E-state index is -3.61. The van der Waals surface area contributed by atoms with Crippen LogP contribution in [0.5, 0.6) is 0 Å². The van der Waals surface area contributed by atoms with Crippen LogP contribution in [0, 0.1) is 0 Å². The Morgan fingerprint density at radius 3 is 2.44 bits per heavy atom. The van der Waals surface area contributed by atoms with Gasteiger partial charge in [0, 0.05) is 23.7 Å². The Morgan fingerprint density at radius 2 is 1.62 bits per heavy atom. The van der Waals surface area contributed by atoms with Crippen LogP contribution in [0.2, 0.25) is 0 Å². The Kier molecular flexibility index (Phi) is 6.42. The van der Waals surface area contributed by atoms with Gasteiger partial charge in [0.15, 0.2) is 5.16 Å². The summed E-state index contributed by atoms with van der Waals surface area (Å²) in [6.07, 6.45) is 3.76. The molecule has 0 fully saturated rings. The van der Waals surface area contributed by atoms with Crippen molar-refractivity contribution in [3.63, 3.8) is 0 Å². The molecule has 1 heterocycles. The lowest BCUT2D eigenvalue weighted by molar-refractivity contribution is 0.491. The minimum absolute atomic E-state index is 0.314. The summed E-state index contributed by atoms with van der Waals surface area (Å²) in [5, 5.41) is 3.29. The monoisotopic (exact) mass is 465 g/mol. The molecular formula is C25H27N3O2S2. The molecule has 0 radical (unpaired) electrons. The molecule has 0 atom stereocenters. The highest BCUT2D eigenvalue weighted by atomic mass is 32.2. The van der Waals surface area contributed by atoms with E-state index in [-0.39, 0.29) is 0 Å². The fourth-order valence-electron chi connectivity index (χ4n) is 3.66. The number of nitrogens with one attached hydrogen (secondary N) is 1. The Balaban J connectivity index is 1.56. The average molecular weight is 466 g/mol. The molecule has 0 saturated heterocycles. The molecule has 4 rings (SSSR count). The summed E-state index contributed by atoms with van der Waals surface area (Å²) >= 11 is 1.54. The summed E-state index contributed by atoms with van der Waals surface area (Å²) in [4.78, 5) is 4.83. The van der Waals surface area contributed by atoms with Gasteiger partial charge in [-0.2, -0.15) is 0 Å². The molecule has 0 spiro atoms. The van der Waals surface area contributed by atoms with E-state index >= 15 is 0 Å². The quantitative estimate of drug-likeness (QED) is 0.369.